The van der Waals surface area contributed by atoms with E-state index in [0.717, 1.165) is 24.4 Å². The van der Waals surface area contributed by atoms with Gasteiger partial charge in [-0.05, 0) is 42.6 Å². The molecule has 1 saturated carbocycles. The second-order valence-electron chi connectivity index (χ2n) is 6.18. The van der Waals surface area contributed by atoms with Gasteiger partial charge in [-0.25, -0.2) is 0 Å². The fourth-order valence-electron chi connectivity index (χ4n) is 2.98. The predicted octanol–water partition coefficient (Wildman–Crippen LogP) is 4.20. The molecular formula is C17H27N. The lowest BCUT2D eigenvalue weighted by molar-refractivity contribution is 0.225. The highest BCUT2D eigenvalue weighted by Crippen LogP contribution is 2.29. The Labute approximate surface area is 112 Å². The molecule has 1 aliphatic carbocycles. The van der Waals surface area contributed by atoms with Crippen LogP contribution < -0.4 is 5.32 Å². The van der Waals surface area contributed by atoms with Crippen molar-refractivity contribution in [2.45, 2.75) is 52.0 Å². The van der Waals surface area contributed by atoms with Crippen molar-refractivity contribution in [2.75, 3.05) is 6.54 Å². The van der Waals surface area contributed by atoms with Gasteiger partial charge >= 0.3 is 0 Å². The third kappa shape index (κ3) is 3.58. The van der Waals surface area contributed by atoms with Crippen LogP contribution in [0, 0.1) is 11.8 Å². The molecule has 18 heavy (non-hydrogen) atoms. The van der Waals surface area contributed by atoms with Crippen molar-refractivity contribution in [1.29, 1.82) is 0 Å². The molecule has 1 fully saturated rings. The highest BCUT2D eigenvalue weighted by atomic mass is 14.9. The van der Waals surface area contributed by atoms with Crippen LogP contribution in [0.1, 0.15) is 51.5 Å². The van der Waals surface area contributed by atoms with E-state index in [0.29, 0.717) is 5.92 Å². The maximum absolute atomic E-state index is 3.77. The zero-order valence-corrected chi connectivity index (χ0v) is 12.0. The van der Waals surface area contributed by atoms with E-state index < -0.39 is 0 Å². The molecule has 0 amide bonds. The van der Waals surface area contributed by atoms with Gasteiger partial charge in [0.2, 0.25) is 0 Å². The van der Waals surface area contributed by atoms with E-state index in [9.17, 15) is 0 Å². The monoisotopic (exact) mass is 245 g/mol. The topological polar surface area (TPSA) is 12.0 Å². The molecule has 1 heteroatoms. The maximum Gasteiger partial charge on any atom is 0.00700 e. The first-order valence-corrected chi connectivity index (χ1v) is 7.45. The van der Waals surface area contributed by atoms with Crippen LogP contribution >= 0.6 is 0 Å². The van der Waals surface area contributed by atoms with Gasteiger partial charge in [0, 0.05) is 12.6 Å². The molecule has 0 heterocycles. The molecule has 1 aromatic rings. The molecule has 0 aliphatic heterocycles. The third-order valence-corrected chi connectivity index (χ3v) is 4.68. The van der Waals surface area contributed by atoms with Gasteiger partial charge in [-0.2, -0.15) is 0 Å². The van der Waals surface area contributed by atoms with E-state index in [2.05, 4.69) is 56.4 Å². The van der Waals surface area contributed by atoms with E-state index in [1.54, 1.807) is 0 Å². The summed E-state index contributed by atoms with van der Waals surface area (Å²) in [6, 6.07) is 11.6. The first-order chi connectivity index (χ1) is 8.66. The summed E-state index contributed by atoms with van der Waals surface area (Å²) in [5.74, 6) is 2.40. The van der Waals surface area contributed by atoms with Crippen molar-refractivity contribution < 1.29 is 0 Å². The molecule has 4 atom stereocenters. The molecule has 100 valence electrons. The lowest BCUT2D eigenvalue weighted by Crippen LogP contribution is -2.37. The van der Waals surface area contributed by atoms with Crippen LogP contribution in [-0.2, 0) is 0 Å². The second-order valence-corrected chi connectivity index (χ2v) is 6.18. The minimum atomic E-state index is 0.612. The molecular weight excluding hydrogens is 218 g/mol. The Morgan fingerprint density at radius 2 is 1.83 bits per heavy atom. The molecule has 0 radical (unpaired) electrons. The summed E-state index contributed by atoms with van der Waals surface area (Å²) in [6.45, 7) is 8.22. The van der Waals surface area contributed by atoms with E-state index in [1.807, 2.05) is 0 Å². The summed E-state index contributed by atoms with van der Waals surface area (Å²) in [5, 5.41) is 3.77. The summed E-state index contributed by atoms with van der Waals surface area (Å²) in [6.07, 6.45) is 4.09. The van der Waals surface area contributed by atoms with Gasteiger partial charge in [0.05, 0.1) is 0 Å². The Morgan fingerprint density at radius 1 is 1.11 bits per heavy atom. The van der Waals surface area contributed by atoms with E-state index in [-0.39, 0.29) is 0 Å². The first-order valence-electron chi connectivity index (χ1n) is 7.45. The zero-order chi connectivity index (χ0) is 13.0. The molecule has 0 aromatic heterocycles. The molecule has 4 unspecified atom stereocenters. The Kier molecular flexibility index (Phi) is 4.82. The molecule has 1 aliphatic rings. The highest BCUT2D eigenvalue weighted by molar-refractivity contribution is 5.19. The molecule has 1 aromatic carbocycles. The summed E-state index contributed by atoms with van der Waals surface area (Å²) >= 11 is 0. The standard InChI is InChI=1S/C17H27N/c1-13-9-10-17(11-14(13)2)18-12-15(3)16-7-5-4-6-8-16/h4-8,13-15,17-18H,9-12H2,1-3H3. The fourth-order valence-corrected chi connectivity index (χ4v) is 2.98. The molecule has 2 rings (SSSR count). The van der Waals surface area contributed by atoms with Crippen molar-refractivity contribution in [3.8, 4) is 0 Å². The molecule has 1 nitrogen and oxygen atoms in total. The summed E-state index contributed by atoms with van der Waals surface area (Å²) in [7, 11) is 0. The van der Waals surface area contributed by atoms with Crippen LogP contribution in [0.2, 0.25) is 0 Å². The zero-order valence-electron chi connectivity index (χ0n) is 12.0. The van der Waals surface area contributed by atoms with Gasteiger partial charge in [-0.3, -0.25) is 0 Å². The van der Waals surface area contributed by atoms with Gasteiger partial charge in [-0.15, -0.1) is 0 Å². The third-order valence-electron chi connectivity index (χ3n) is 4.68. The lowest BCUT2D eigenvalue weighted by Gasteiger charge is -2.33. The second kappa shape index (κ2) is 6.38. The molecule has 0 saturated heterocycles. The van der Waals surface area contributed by atoms with Crippen molar-refractivity contribution in [2.24, 2.45) is 11.8 Å². The maximum atomic E-state index is 3.77. The number of rotatable bonds is 4. The van der Waals surface area contributed by atoms with Gasteiger partial charge < -0.3 is 5.32 Å². The van der Waals surface area contributed by atoms with Crippen molar-refractivity contribution in [3.05, 3.63) is 35.9 Å². The largest absolute Gasteiger partial charge is 0.313 e. The molecule has 0 spiro atoms. The van der Waals surface area contributed by atoms with Crippen LogP contribution in [0.4, 0.5) is 0 Å². The number of hydrogen-bond donors (Lipinski definition) is 1. The number of benzene rings is 1. The summed E-state index contributed by atoms with van der Waals surface area (Å²) < 4.78 is 0. The van der Waals surface area contributed by atoms with E-state index >= 15 is 0 Å². The van der Waals surface area contributed by atoms with Crippen LogP contribution in [-0.4, -0.2) is 12.6 Å². The van der Waals surface area contributed by atoms with Crippen molar-refractivity contribution in [3.63, 3.8) is 0 Å². The smallest absolute Gasteiger partial charge is 0.00700 e. The lowest BCUT2D eigenvalue weighted by atomic mass is 9.79. The van der Waals surface area contributed by atoms with Crippen molar-refractivity contribution in [1.82, 2.24) is 5.32 Å². The summed E-state index contributed by atoms with van der Waals surface area (Å²) in [4.78, 5) is 0. The van der Waals surface area contributed by atoms with Gasteiger partial charge in [-0.1, -0.05) is 51.1 Å². The van der Waals surface area contributed by atoms with E-state index in [1.165, 1.54) is 24.8 Å². The Balaban J connectivity index is 1.78. The predicted molar refractivity (Wildman–Crippen MR) is 78.8 cm³/mol. The first kappa shape index (κ1) is 13.6. The average molecular weight is 245 g/mol. The molecule has 1 N–H and O–H groups in total. The van der Waals surface area contributed by atoms with Gasteiger partial charge in [0.15, 0.2) is 0 Å². The minimum absolute atomic E-state index is 0.612. The summed E-state index contributed by atoms with van der Waals surface area (Å²) in [5.41, 5.74) is 1.45. The van der Waals surface area contributed by atoms with Crippen LogP contribution in [0.15, 0.2) is 30.3 Å². The SMILES string of the molecule is CC(CNC1CCC(C)C(C)C1)c1ccccc1. The van der Waals surface area contributed by atoms with Crippen LogP contribution in [0.25, 0.3) is 0 Å². The van der Waals surface area contributed by atoms with E-state index in [4.69, 9.17) is 0 Å². The van der Waals surface area contributed by atoms with Crippen LogP contribution in [0.3, 0.4) is 0 Å². The number of hydrogen-bond acceptors (Lipinski definition) is 1. The molecule has 0 bridgehead atoms. The minimum Gasteiger partial charge on any atom is -0.313 e. The van der Waals surface area contributed by atoms with Gasteiger partial charge in [0.1, 0.15) is 0 Å². The number of nitrogens with one attached hydrogen (secondary N) is 1. The highest BCUT2D eigenvalue weighted by Gasteiger charge is 2.24. The quantitative estimate of drug-likeness (QED) is 0.838. The normalized spacial score (nSPS) is 30.1. The van der Waals surface area contributed by atoms with Crippen molar-refractivity contribution >= 4 is 0 Å². The fraction of sp³-hybridized carbons (Fsp3) is 0.647. The Bertz CT molecular complexity index is 346. The Morgan fingerprint density at radius 3 is 2.50 bits per heavy atom. The Hall–Kier alpha value is -0.820. The van der Waals surface area contributed by atoms with Gasteiger partial charge in [0.25, 0.3) is 0 Å². The van der Waals surface area contributed by atoms with Crippen LogP contribution in [0.5, 0.6) is 0 Å². The average Bonchev–Trinajstić information content (AvgIpc) is 2.41.